The van der Waals surface area contributed by atoms with Crippen molar-refractivity contribution in [2.24, 2.45) is 0 Å². The van der Waals surface area contributed by atoms with Crippen LogP contribution in [0.5, 0.6) is 0 Å². The predicted octanol–water partition coefficient (Wildman–Crippen LogP) is 15.6. The fraction of sp³-hybridized carbons (Fsp3) is 0.768. The first kappa shape index (κ1) is 65.2. The van der Waals surface area contributed by atoms with Crippen LogP contribution >= 0.6 is 7.82 Å². The molecule has 3 unspecified atom stereocenters. The molecule has 0 aliphatic rings. The first-order valence-corrected chi connectivity index (χ1v) is 28.7. The van der Waals surface area contributed by atoms with Crippen molar-refractivity contribution in [3.63, 3.8) is 0 Å². The SMILES string of the molecule is CCCC/C=C\CCCCCCCC(=O)OCC(COP(=O)(O)OCC(CO)OC(=O)CCCCCCC/C=C\CCCC)OC(=O)CCCCCCCC/C=C\C/C=C\C/C=C\CCCCC. The molecule has 0 rings (SSSR count). The zero-order valence-corrected chi connectivity index (χ0v) is 44.2. The first-order valence-electron chi connectivity index (χ1n) is 27.2. The number of hydrogen-bond acceptors (Lipinski definition) is 10. The highest BCUT2D eigenvalue weighted by Crippen LogP contribution is 2.43. The van der Waals surface area contributed by atoms with E-state index in [0.717, 1.165) is 128 Å². The number of unbranched alkanes of at least 4 members (excludes halogenated alkanes) is 23. The third-order valence-corrected chi connectivity index (χ3v) is 12.3. The van der Waals surface area contributed by atoms with E-state index < -0.39 is 57.8 Å². The van der Waals surface area contributed by atoms with Crippen molar-refractivity contribution in [3.8, 4) is 0 Å². The van der Waals surface area contributed by atoms with Gasteiger partial charge in [-0.1, -0.05) is 184 Å². The van der Waals surface area contributed by atoms with Crippen molar-refractivity contribution in [3.05, 3.63) is 60.8 Å². The molecule has 12 heteroatoms. The summed E-state index contributed by atoms with van der Waals surface area (Å²) in [5.74, 6) is -1.50. The van der Waals surface area contributed by atoms with Crippen molar-refractivity contribution in [2.45, 2.75) is 251 Å². The fourth-order valence-electron chi connectivity index (χ4n) is 7.15. The van der Waals surface area contributed by atoms with Gasteiger partial charge in [0.15, 0.2) is 6.10 Å². The van der Waals surface area contributed by atoms with E-state index in [-0.39, 0.29) is 25.9 Å². The average Bonchev–Trinajstić information content (AvgIpc) is 3.32. The maximum Gasteiger partial charge on any atom is 0.472 e. The molecule has 394 valence electrons. The molecule has 3 atom stereocenters. The summed E-state index contributed by atoms with van der Waals surface area (Å²) in [4.78, 5) is 48.3. The van der Waals surface area contributed by atoms with Crippen LogP contribution in [0.2, 0.25) is 0 Å². The van der Waals surface area contributed by atoms with Crippen molar-refractivity contribution in [1.29, 1.82) is 0 Å². The Labute approximate surface area is 415 Å². The van der Waals surface area contributed by atoms with Gasteiger partial charge in [0.05, 0.1) is 19.8 Å². The molecule has 0 heterocycles. The molecule has 0 radical (unpaired) electrons. The molecule has 0 amide bonds. The Kier molecular flexibility index (Phi) is 48.5. The van der Waals surface area contributed by atoms with Gasteiger partial charge in [0, 0.05) is 19.3 Å². The normalized spacial score (nSPS) is 13.9. The van der Waals surface area contributed by atoms with Crippen molar-refractivity contribution in [1.82, 2.24) is 0 Å². The zero-order valence-electron chi connectivity index (χ0n) is 43.3. The van der Waals surface area contributed by atoms with Crippen LogP contribution < -0.4 is 0 Å². The third kappa shape index (κ3) is 48.2. The lowest BCUT2D eigenvalue weighted by molar-refractivity contribution is -0.161. The topological polar surface area (TPSA) is 155 Å². The van der Waals surface area contributed by atoms with Gasteiger partial charge >= 0.3 is 25.7 Å². The molecule has 11 nitrogen and oxygen atoms in total. The minimum Gasteiger partial charge on any atom is -0.462 e. The fourth-order valence-corrected chi connectivity index (χ4v) is 7.93. The van der Waals surface area contributed by atoms with E-state index in [4.69, 9.17) is 23.3 Å². The lowest BCUT2D eigenvalue weighted by Crippen LogP contribution is -2.30. The van der Waals surface area contributed by atoms with E-state index in [0.29, 0.717) is 19.3 Å². The molecule has 0 aromatic heterocycles. The highest BCUT2D eigenvalue weighted by Gasteiger charge is 2.28. The van der Waals surface area contributed by atoms with Gasteiger partial charge in [0.25, 0.3) is 0 Å². The van der Waals surface area contributed by atoms with E-state index in [1.807, 2.05) is 0 Å². The van der Waals surface area contributed by atoms with Gasteiger partial charge in [-0.3, -0.25) is 23.4 Å². The standard InChI is InChI=1S/C56H99O11P/c1-4-7-10-13-16-19-22-23-24-25-26-27-28-29-32-35-38-41-44-47-56(60)67-53(49-63-54(58)45-42-39-36-33-30-20-17-14-11-8-5-2)51-65-68(61,62)64-50-52(48-57)66-55(59)46-43-40-37-34-31-21-18-15-12-9-6-3/h14-19,23-24,26-27,52-53,57H,4-13,20-22,25,28-51H2,1-3H3,(H,61,62)/b17-14-,18-15-,19-16-,24-23-,27-26-. The van der Waals surface area contributed by atoms with Crippen molar-refractivity contribution >= 4 is 25.7 Å². The zero-order chi connectivity index (χ0) is 49.9. The Morgan fingerprint density at radius 3 is 1.16 bits per heavy atom. The van der Waals surface area contributed by atoms with Crippen LogP contribution in [0.1, 0.15) is 239 Å². The summed E-state index contributed by atoms with van der Waals surface area (Å²) in [5, 5.41) is 9.77. The number of aliphatic hydroxyl groups is 1. The summed E-state index contributed by atoms with van der Waals surface area (Å²) in [6.07, 6.45) is 53.3. The van der Waals surface area contributed by atoms with Crippen LogP contribution in [0, 0.1) is 0 Å². The molecule has 2 N–H and O–H groups in total. The molecule has 0 bridgehead atoms. The van der Waals surface area contributed by atoms with Gasteiger partial charge in [-0.25, -0.2) is 4.57 Å². The highest BCUT2D eigenvalue weighted by molar-refractivity contribution is 7.47. The first-order chi connectivity index (χ1) is 33.2. The maximum absolute atomic E-state index is 12.9. The third-order valence-electron chi connectivity index (χ3n) is 11.4. The molecule has 0 saturated carbocycles. The van der Waals surface area contributed by atoms with Crippen LogP contribution in [-0.4, -0.2) is 66.5 Å². The number of phosphoric acid groups is 1. The van der Waals surface area contributed by atoms with Crippen molar-refractivity contribution in [2.75, 3.05) is 26.4 Å². The minimum absolute atomic E-state index is 0.150. The summed E-state index contributed by atoms with van der Waals surface area (Å²) >= 11 is 0. The van der Waals surface area contributed by atoms with E-state index >= 15 is 0 Å². The van der Waals surface area contributed by atoms with Gasteiger partial charge < -0.3 is 24.2 Å². The lowest BCUT2D eigenvalue weighted by atomic mass is 10.1. The van der Waals surface area contributed by atoms with E-state index in [1.165, 1.54) is 51.4 Å². The minimum atomic E-state index is -4.75. The number of ether oxygens (including phenoxy) is 3. The molecule has 0 fully saturated rings. The molecule has 0 aliphatic carbocycles. The Balaban J connectivity index is 4.74. The van der Waals surface area contributed by atoms with Gasteiger partial charge in [0.2, 0.25) is 0 Å². The summed E-state index contributed by atoms with van der Waals surface area (Å²) in [6.45, 7) is 4.50. The van der Waals surface area contributed by atoms with Gasteiger partial charge in [-0.2, -0.15) is 0 Å². The smallest absolute Gasteiger partial charge is 0.462 e. The summed E-state index contributed by atoms with van der Waals surface area (Å²) in [6, 6.07) is 0. The van der Waals surface area contributed by atoms with E-state index in [2.05, 4.69) is 81.5 Å². The van der Waals surface area contributed by atoms with Crippen LogP contribution in [0.15, 0.2) is 60.8 Å². The predicted molar refractivity (Wildman–Crippen MR) is 279 cm³/mol. The average molecular weight is 979 g/mol. The Bertz CT molecular complexity index is 1370. The molecule has 0 aromatic rings. The van der Waals surface area contributed by atoms with E-state index in [9.17, 15) is 28.9 Å². The Morgan fingerprint density at radius 2 is 0.735 bits per heavy atom. The van der Waals surface area contributed by atoms with Gasteiger partial charge in [-0.05, 0) is 96.3 Å². The number of hydrogen-bond donors (Lipinski definition) is 2. The monoisotopic (exact) mass is 979 g/mol. The second kappa shape index (κ2) is 50.6. The Hall–Kier alpha value is -2.82. The molecular formula is C56H99O11P. The second-order valence-corrected chi connectivity index (χ2v) is 19.5. The molecule has 0 saturated heterocycles. The van der Waals surface area contributed by atoms with Gasteiger partial charge in [-0.15, -0.1) is 0 Å². The number of carbonyl (C=O) groups excluding carboxylic acids is 3. The van der Waals surface area contributed by atoms with Crippen LogP contribution in [0.4, 0.5) is 0 Å². The summed E-state index contributed by atoms with van der Waals surface area (Å²) in [5.41, 5.74) is 0. The largest absolute Gasteiger partial charge is 0.472 e. The number of phosphoric ester groups is 1. The molecule has 0 aromatic carbocycles. The molecule has 68 heavy (non-hydrogen) atoms. The Morgan fingerprint density at radius 1 is 0.412 bits per heavy atom. The van der Waals surface area contributed by atoms with Crippen LogP contribution in [0.3, 0.4) is 0 Å². The number of esters is 3. The maximum atomic E-state index is 12.9. The number of rotatable bonds is 50. The van der Waals surface area contributed by atoms with Crippen LogP contribution in [-0.2, 0) is 42.2 Å². The quantitative estimate of drug-likeness (QED) is 0.0197. The van der Waals surface area contributed by atoms with Crippen LogP contribution in [0.25, 0.3) is 0 Å². The number of allylic oxidation sites excluding steroid dienone is 10. The van der Waals surface area contributed by atoms with Crippen molar-refractivity contribution < 1.29 is 52.2 Å². The summed E-state index contributed by atoms with van der Waals surface area (Å²) in [7, 11) is -4.75. The highest BCUT2D eigenvalue weighted by atomic mass is 31.2. The molecule has 0 aliphatic heterocycles. The number of aliphatic hydroxyl groups excluding tert-OH is 1. The summed E-state index contributed by atoms with van der Waals surface area (Å²) < 4.78 is 39.3. The van der Waals surface area contributed by atoms with Gasteiger partial charge in [0.1, 0.15) is 12.7 Å². The van der Waals surface area contributed by atoms with E-state index in [1.54, 1.807) is 0 Å². The second-order valence-electron chi connectivity index (χ2n) is 18.0. The molecule has 0 spiro atoms. The lowest BCUT2D eigenvalue weighted by Gasteiger charge is -2.21. The molecular weight excluding hydrogens is 880 g/mol. The number of carbonyl (C=O) groups is 3.